The highest BCUT2D eigenvalue weighted by Gasteiger charge is 2.12. The van der Waals surface area contributed by atoms with Crippen LogP contribution in [0.15, 0.2) is 24.3 Å². The first-order chi connectivity index (χ1) is 8.31. The van der Waals surface area contributed by atoms with Crippen molar-refractivity contribution in [3.05, 3.63) is 24.3 Å². The molecule has 0 fully saturated rings. The molecule has 0 aliphatic rings. The van der Waals surface area contributed by atoms with E-state index in [1.54, 1.807) is 12.2 Å². The SMILES string of the molecule is C/C=C/C=C/C(=O)O.NC(CCC(=O)O)C(=O)O. The molecule has 0 saturated carbocycles. The molecule has 0 aromatic carbocycles. The molecule has 0 aromatic rings. The lowest BCUT2D eigenvalue weighted by atomic mass is 10.2. The molecule has 7 nitrogen and oxygen atoms in total. The molecule has 1 atom stereocenters. The van der Waals surface area contributed by atoms with Crippen LogP contribution in [0.5, 0.6) is 0 Å². The summed E-state index contributed by atoms with van der Waals surface area (Å²) in [5.41, 5.74) is 5.00. The molecule has 0 aromatic heterocycles. The minimum atomic E-state index is -1.17. The van der Waals surface area contributed by atoms with E-state index in [-0.39, 0.29) is 12.8 Å². The topological polar surface area (TPSA) is 138 Å². The third-order valence-corrected chi connectivity index (χ3v) is 1.53. The molecule has 0 radical (unpaired) electrons. The molecule has 18 heavy (non-hydrogen) atoms. The van der Waals surface area contributed by atoms with Gasteiger partial charge in [0.25, 0.3) is 0 Å². The van der Waals surface area contributed by atoms with Crippen molar-refractivity contribution in [1.82, 2.24) is 0 Å². The summed E-state index contributed by atoms with van der Waals surface area (Å²) in [7, 11) is 0. The van der Waals surface area contributed by atoms with Crippen LogP contribution in [0.1, 0.15) is 19.8 Å². The first-order valence-corrected chi connectivity index (χ1v) is 5.03. The fourth-order valence-corrected chi connectivity index (χ4v) is 0.651. The van der Waals surface area contributed by atoms with E-state index >= 15 is 0 Å². The number of carboxylic acids is 3. The van der Waals surface area contributed by atoms with Gasteiger partial charge in [-0.2, -0.15) is 0 Å². The summed E-state index contributed by atoms with van der Waals surface area (Å²) in [6.07, 6.45) is 5.76. The number of nitrogens with two attached hydrogens (primary N) is 1. The molecule has 0 rings (SSSR count). The molecule has 0 spiro atoms. The van der Waals surface area contributed by atoms with Gasteiger partial charge < -0.3 is 21.1 Å². The van der Waals surface area contributed by atoms with Crippen molar-refractivity contribution >= 4 is 17.9 Å². The van der Waals surface area contributed by atoms with E-state index in [2.05, 4.69) is 0 Å². The van der Waals surface area contributed by atoms with Crippen molar-refractivity contribution < 1.29 is 29.7 Å². The molecule has 0 amide bonds. The molecule has 0 heterocycles. The molecule has 0 aliphatic heterocycles. The van der Waals surface area contributed by atoms with Crippen LogP contribution < -0.4 is 5.73 Å². The predicted molar refractivity (Wildman–Crippen MR) is 64.1 cm³/mol. The zero-order valence-corrected chi connectivity index (χ0v) is 9.94. The van der Waals surface area contributed by atoms with Gasteiger partial charge >= 0.3 is 17.9 Å². The summed E-state index contributed by atoms with van der Waals surface area (Å²) < 4.78 is 0. The lowest BCUT2D eigenvalue weighted by Crippen LogP contribution is -2.30. The van der Waals surface area contributed by atoms with Crippen molar-refractivity contribution in [2.24, 2.45) is 5.73 Å². The summed E-state index contributed by atoms with van der Waals surface area (Å²) in [6, 6.07) is -1.06. The Bertz CT molecular complexity index is 334. The van der Waals surface area contributed by atoms with Gasteiger partial charge in [0.15, 0.2) is 0 Å². The van der Waals surface area contributed by atoms with Gasteiger partial charge in [0, 0.05) is 12.5 Å². The zero-order valence-electron chi connectivity index (χ0n) is 9.94. The summed E-state index contributed by atoms with van der Waals surface area (Å²) >= 11 is 0. The fraction of sp³-hybridized carbons (Fsp3) is 0.364. The maximum absolute atomic E-state index is 9.99. The lowest BCUT2D eigenvalue weighted by Gasteiger charge is -2.01. The maximum Gasteiger partial charge on any atom is 0.328 e. The number of hydrogen-bond donors (Lipinski definition) is 4. The van der Waals surface area contributed by atoms with Gasteiger partial charge in [-0.05, 0) is 13.3 Å². The Morgan fingerprint density at radius 2 is 1.72 bits per heavy atom. The third-order valence-electron chi connectivity index (χ3n) is 1.53. The maximum atomic E-state index is 9.99. The molecule has 0 bridgehead atoms. The molecule has 0 saturated heterocycles. The Morgan fingerprint density at radius 3 is 2.06 bits per heavy atom. The highest BCUT2D eigenvalue weighted by Crippen LogP contribution is 1.93. The Morgan fingerprint density at radius 1 is 1.17 bits per heavy atom. The minimum Gasteiger partial charge on any atom is -0.481 e. The summed E-state index contributed by atoms with van der Waals surface area (Å²) in [5, 5.41) is 24.3. The number of aliphatic carboxylic acids is 3. The average molecular weight is 259 g/mol. The van der Waals surface area contributed by atoms with E-state index < -0.39 is 23.9 Å². The number of carbonyl (C=O) groups is 3. The molecular formula is C11H17NO6. The highest BCUT2D eigenvalue weighted by molar-refractivity contribution is 5.80. The molecule has 102 valence electrons. The summed E-state index contributed by atoms with van der Waals surface area (Å²) in [6.45, 7) is 1.83. The Hall–Kier alpha value is -2.15. The van der Waals surface area contributed by atoms with Crippen LogP contribution in [0.3, 0.4) is 0 Å². The largest absolute Gasteiger partial charge is 0.481 e. The molecule has 7 heteroatoms. The van der Waals surface area contributed by atoms with Gasteiger partial charge in [0.1, 0.15) is 6.04 Å². The van der Waals surface area contributed by atoms with Crippen molar-refractivity contribution in [3.63, 3.8) is 0 Å². The van der Waals surface area contributed by atoms with Crippen LogP contribution in [0.2, 0.25) is 0 Å². The van der Waals surface area contributed by atoms with Crippen molar-refractivity contribution in [1.29, 1.82) is 0 Å². The zero-order chi connectivity index (χ0) is 14.6. The smallest absolute Gasteiger partial charge is 0.328 e. The monoisotopic (exact) mass is 259 g/mol. The van der Waals surface area contributed by atoms with Crippen molar-refractivity contribution in [2.75, 3.05) is 0 Å². The Kier molecular flexibility index (Phi) is 11.5. The average Bonchev–Trinajstić information content (AvgIpc) is 2.26. The van der Waals surface area contributed by atoms with Gasteiger partial charge in [-0.1, -0.05) is 18.2 Å². The second-order valence-electron chi connectivity index (χ2n) is 3.10. The first-order valence-electron chi connectivity index (χ1n) is 5.03. The normalized spacial score (nSPS) is 11.9. The number of allylic oxidation sites excluding steroid dienone is 3. The fourth-order valence-electron chi connectivity index (χ4n) is 0.651. The molecule has 5 N–H and O–H groups in total. The quantitative estimate of drug-likeness (QED) is 0.401. The van der Waals surface area contributed by atoms with E-state index in [0.29, 0.717) is 0 Å². The van der Waals surface area contributed by atoms with E-state index in [1.165, 1.54) is 6.08 Å². The second kappa shape index (κ2) is 11.3. The van der Waals surface area contributed by atoms with Gasteiger partial charge in [0.2, 0.25) is 0 Å². The van der Waals surface area contributed by atoms with Crippen LogP contribution in [-0.2, 0) is 14.4 Å². The number of hydrogen-bond acceptors (Lipinski definition) is 4. The summed E-state index contributed by atoms with van der Waals surface area (Å²) in [5.74, 6) is -3.11. The lowest BCUT2D eigenvalue weighted by molar-refractivity contribution is -0.140. The van der Waals surface area contributed by atoms with Crippen LogP contribution >= 0.6 is 0 Å². The molecular weight excluding hydrogens is 242 g/mol. The molecule has 0 aliphatic carbocycles. The molecule has 1 unspecified atom stereocenters. The van der Waals surface area contributed by atoms with E-state index in [4.69, 9.17) is 21.1 Å². The van der Waals surface area contributed by atoms with Crippen LogP contribution in [0.4, 0.5) is 0 Å². The summed E-state index contributed by atoms with van der Waals surface area (Å²) in [4.78, 5) is 29.6. The second-order valence-corrected chi connectivity index (χ2v) is 3.10. The van der Waals surface area contributed by atoms with Crippen molar-refractivity contribution in [2.45, 2.75) is 25.8 Å². The number of carboxylic acid groups (broad SMARTS) is 3. The predicted octanol–water partition coefficient (Wildman–Crippen LogP) is 0.466. The van der Waals surface area contributed by atoms with Gasteiger partial charge in [-0.3, -0.25) is 9.59 Å². The van der Waals surface area contributed by atoms with Gasteiger partial charge in [-0.25, -0.2) is 4.79 Å². The van der Waals surface area contributed by atoms with E-state index in [1.807, 2.05) is 6.92 Å². The van der Waals surface area contributed by atoms with Crippen LogP contribution in [0.25, 0.3) is 0 Å². The van der Waals surface area contributed by atoms with Crippen molar-refractivity contribution in [3.8, 4) is 0 Å². The van der Waals surface area contributed by atoms with E-state index in [9.17, 15) is 14.4 Å². The van der Waals surface area contributed by atoms with Crippen LogP contribution in [-0.4, -0.2) is 39.3 Å². The van der Waals surface area contributed by atoms with Gasteiger partial charge in [0.05, 0.1) is 0 Å². The van der Waals surface area contributed by atoms with Crippen LogP contribution in [0, 0.1) is 0 Å². The highest BCUT2D eigenvalue weighted by atomic mass is 16.4. The standard InChI is InChI=1S/C6H8O2.C5H9NO4/c1-2-3-4-5-6(7)8;6-3(5(9)10)1-2-4(7)8/h2-5H,1H3,(H,7,8);3H,1-2,6H2,(H,7,8)(H,9,10)/b3-2+,5-4+;. The third kappa shape index (κ3) is 16.3. The van der Waals surface area contributed by atoms with E-state index in [0.717, 1.165) is 6.08 Å². The number of rotatable bonds is 6. The Balaban J connectivity index is 0. The Labute approximate surface area is 104 Å². The first kappa shape index (κ1) is 18.2. The minimum absolute atomic E-state index is 0.0231. The van der Waals surface area contributed by atoms with Gasteiger partial charge in [-0.15, -0.1) is 0 Å².